The second kappa shape index (κ2) is 4.26. The molecule has 15 heavy (non-hydrogen) atoms. The molecule has 0 saturated heterocycles. The van der Waals surface area contributed by atoms with Crippen LogP contribution in [-0.4, -0.2) is 7.11 Å². The Kier molecular flexibility index (Phi) is 3.43. The van der Waals surface area contributed by atoms with Crippen LogP contribution in [0, 0.1) is 5.92 Å². The molecule has 1 heteroatoms. The van der Waals surface area contributed by atoms with Gasteiger partial charge in [0.15, 0.2) is 0 Å². The van der Waals surface area contributed by atoms with Crippen molar-refractivity contribution in [3.8, 4) is 5.75 Å². The van der Waals surface area contributed by atoms with Crippen molar-refractivity contribution >= 4 is 0 Å². The SMILES string of the molecule is COc1cc([C](C)C)ccc1C(C)(C)C. The van der Waals surface area contributed by atoms with Crippen LogP contribution >= 0.6 is 0 Å². The summed E-state index contributed by atoms with van der Waals surface area (Å²) in [7, 11) is 1.74. The van der Waals surface area contributed by atoms with Gasteiger partial charge in [-0.1, -0.05) is 46.8 Å². The first-order chi connectivity index (χ1) is 6.86. The quantitative estimate of drug-likeness (QED) is 0.710. The summed E-state index contributed by atoms with van der Waals surface area (Å²) in [5.74, 6) is 2.30. The van der Waals surface area contributed by atoms with Crippen molar-refractivity contribution in [2.75, 3.05) is 7.11 Å². The maximum Gasteiger partial charge on any atom is 0.122 e. The van der Waals surface area contributed by atoms with Gasteiger partial charge in [0.25, 0.3) is 0 Å². The first kappa shape index (κ1) is 12.1. The molecule has 0 heterocycles. The lowest BCUT2D eigenvalue weighted by molar-refractivity contribution is 0.397. The topological polar surface area (TPSA) is 9.23 Å². The highest BCUT2D eigenvalue weighted by Crippen LogP contribution is 2.33. The Morgan fingerprint density at radius 3 is 2.13 bits per heavy atom. The molecule has 1 radical (unpaired) electrons. The van der Waals surface area contributed by atoms with Crippen LogP contribution in [0.15, 0.2) is 18.2 Å². The minimum atomic E-state index is 0.130. The zero-order valence-electron chi connectivity index (χ0n) is 10.6. The molecule has 1 aromatic rings. The molecule has 1 aromatic carbocycles. The first-order valence-electron chi connectivity index (χ1n) is 5.35. The molecular formula is C14H21O. The second-order valence-corrected chi connectivity index (χ2v) is 5.17. The van der Waals surface area contributed by atoms with E-state index in [0.717, 1.165) is 5.75 Å². The highest BCUT2D eigenvalue weighted by Gasteiger charge is 2.19. The van der Waals surface area contributed by atoms with Gasteiger partial charge in [-0.3, -0.25) is 0 Å². The molecule has 0 spiro atoms. The van der Waals surface area contributed by atoms with E-state index in [9.17, 15) is 0 Å². The summed E-state index contributed by atoms with van der Waals surface area (Å²) in [5, 5.41) is 0. The molecule has 0 N–H and O–H groups in total. The lowest BCUT2D eigenvalue weighted by Gasteiger charge is -2.23. The predicted octanol–water partition coefficient (Wildman–Crippen LogP) is 3.96. The summed E-state index contributed by atoms with van der Waals surface area (Å²) < 4.78 is 5.45. The zero-order chi connectivity index (χ0) is 11.6. The Bertz CT molecular complexity index is 332. The Labute approximate surface area is 93.5 Å². The van der Waals surface area contributed by atoms with Crippen LogP contribution in [0.5, 0.6) is 5.75 Å². The van der Waals surface area contributed by atoms with Gasteiger partial charge in [0.2, 0.25) is 0 Å². The van der Waals surface area contributed by atoms with E-state index in [0.29, 0.717) is 0 Å². The lowest BCUT2D eigenvalue weighted by Crippen LogP contribution is -2.13. The molecule has 0 aromatic heterocycles. The fourth-order valence-corrected chi connectivity index (χ4v) is 1.62. The van der Waals surface area contributed by atoms with Gasteiger partial charge < -0.3 is 4.74 Å². The van der Waals surface area contributed by atoms with Gasteiger partial charge in [0.1, 0.15) is 5.75 Å². The van der Waals surface area contributed by atoms with Gasteiger partial charge >= 0.3 is 0 Å². The summed E-state index contributed by atoms with van der Waals surface area (Å²) in [6.07, 6.45) is 0. The molecule has 0 atom stereocenters. The second-order valence-electron chi connectivity index (χ2n) is 5.17. The van der Waals surface area contributed by atoms with E-state index in [1.807, 2.05) is 0 Å². The largest absolute Gasteiger partial charge is 0.496 e. The molecule has 1 nitrogen and oxygen atoms in total. The average molecular weight is 205 g/mol. The third-order valence-corrected chi connectivity index (χ3v) is 2.59. The highest BCUT2D eigenvalue weighted by molar-refractivity contribution is 5.45. The van der Waals surface area contributed by atoms with Gasteiger partial charge in [-0.2, -0.15) is 0 Å². The van der Waals surface area contributed by atoms with Gasteiger partial charge in [-0.05, 0) is 28.5 Å². The van der Waals surface area contributed by atoms with Crippen LogP contribution in [0.4, 0.5) is 0 Å². The summed E-state index contributed by atoms with van der Waals surface area (Å²) in [5.41, 5.74) is 2.64. The van der Waals surface area contributed by atoms with E-state index in [2.05, 4.69) is 52.8 Å². The Morgan fingerprint density at radius 1 is 1.13 bits per heavy atom. The van der Waals surface area contributed by atoms with Gasteiger partial charge in [-0.15, -0.1) is 0 Å². The first-order valence-corrected chi connectivity index (χ1v) is 5.35. The zero-order valence-corrected chi connectivity index (χ0v) is 10.6. The van der Waals surface area contributed by atoms with Crippen LogP contribution in [0.2, 0.25) is 0 Å². The van der Waals surface area contributed by atoms with E-state index < -0.39 is 0 Å². The Hall–Kier alpha value is -0.980. The maximum atomic E-state index is 5.45. The standard InChI is InChI=1S/C14H21O/c1-10(2)11-7-8-12(14(3,4)5)13(9-11)15-6/h7-9H,1-6H3. The normalized spacial score (nSPS) is 11.9. The molecule has 0 aliphatic heterocycles. The van der Waals surface area contributed by atoms with Crippen molar-refractivity contribution in [3.05, 3.63) is 35.2 Å². The summed E-state index contributed by atoms with van der Waals surface area (Å²) in [6, 6.07) is 6.45. The minimum absolute atomic E-state index is 0.130. The number of benzene rings is 1. The van der Waals surface area contributed by atoms with Gasteiger partial charge in [0.05, 0.1) is 7.11 Å². The fraction of sp³-hybridized carbons (Fsp3) is 0.500. The van der Waals surface area contributed by atoms with Crippen LogP contribution < -0.4 is 4.74 Å². The van der Waals surface area contributed by atoms with Gasteiger partial charge in [0, 0.05) is 0 Å². The molecular weight excluding hydrogens is 184 g/mol. The van der Waals surface area contributed by atoms with Crippen LogP contribution in [0.3, 0.4) is 0 Å². The number of rotatable bonds is 2. The Balaban J connectivity index is 3.21. The molecule has 0 unspecified atom stereocenters. The number of hydrogen-bond donors (Lipinski definition) is 0. The summed E-state index contributed by atoms with van der Waals surface area (Å²) in [6.45, 7) is 10.8. The van der Waals surface area contributed by atoms with Crippen molar-refractivity contribution in [1.29, 1.82) is 0 Å². The molecule has 0 bridgehead atoms. The molecule has 0 fully saturated rings. The highest BCUT2D eigenvalue weighted by atomic mass is 16.5. The van der Waals surface area contributed by atoms with Crippen molar-refractivity contribution in [1.82, 2.24) is 0 Å². The molecule has 83 valence electrons. The van der Waals surface area contributed by atoms with Crippen molar-refractivity contribution in [3.63, 3.8) is 0 Å². The van der Waals surface area contributed by atoms with E-state index in [-0.39, 0.29) is 5.41 Å². The van der Waals surface area contributed by atoms with Crippen LogP contribution in [0.1, 0.15) is 45.7 Å². The Morgan fingerprint density at radius 2 is 1.73 bits per heavy atom. The summed E-state index contributed by atoms with van der Waals surface area (Å²) >= 11 is 0. The van der Waals surface area contributed by atoms with Crippen LogP contribution in [0.25, 0.3) is 0 Å². The molecule has 0 aliphatic carbocycles. The molecule has 0 aliphatic rings. The van der Waals surface area contributed by atoms with E-state index >= 15 is 0 Å². The van der Waals surface area contributed by atoms with Crippen molar-refractivity contribution in [2.45, 2.75) is 40.0 Å². The molecule has 1 rings (SSSR count). The van der Waals surface area contributed by atoms with E-state index in [1.54, 1.807) is 7.11 Å². The monoisotopic (exact) mass is 205 g/mol. The smallest absolute Gasteiger partial charge is 0.122 e. The molecule has 0 amide bonds. The minimum Gasteiger partial charge on any atom is -0.496 e. The van der Waals surface area contributed by atoms with E-state index in [4.69, 9.17) is 4.74 Å². The number of methoxy groups -OCH3 is 1. The van der Waals surface area contributed by atoms with Crippen LogP contribution in [-0.2, 0) is 5.41 Å². The third kappa shape index (κ3) is 2.74. The van der Waals surface area contributed by atoms with Crippen molar-refractivity contribution < 1.29 is 4.74 Å². The third-order valence-electron chi connectivity index (χ3n) is 2.59. The number of hydrogen-bond acceptors (Lipinski definition) is 1. The van der Waals surface area contributed by atoms with E-state index in [1.165, 1.54) is 17.0 Å². The fourth-order valence-electron chi connectivity index (χ4n) is 1.62. The summed E-state index contributed by atoms with van der Waals surface area (Å²) in [4.78, 5) is 0. The van der Waals surface area contributed by atoms with Crippen molar-refractivity contribution in [2.24, 2.45) is 0 Å². The average Bonchev–Trinajstić information content (AvgIpc) is 2.15. The predicted molar refractivity (Wildman–Crippen MR) is 65.4 cm³/mol. The lowest BCUT2D eigenvalue weighted by atomic mass is 9.85. The molecule has 0 saturated carbocycles. The maximum absolute atomic E-state index is 5.45. The van der Waals surface area contributed by atoms with Gasteiger partial charge in [-0.25, -0.2) is 0 Å². The number of ether oxygens (including phenoxy) is 1.